The van der Waals surface area contributed by atoms with Crippen molar-refractivity contribution in [3.05, 3.63) is 64.7 Å². The highest BCUT2D eigenvalue weighted by Gasteiger charge is 2.20. The van der Waals surface area contributed by atoms with Crippen LogP contribution >= 0.6 is 23.2 Å². The molecule has 2 rings (SSSR count). The van der Waals surface area contributed by atoms with Crippen LogP contribution in [0.25, 0.3) is 0 Å². The van der Waals surface area contributed by atoms with Crippen molar-refractivity contribution in [2.24, 2.45) is 0 Å². The average molecular weight is 316 g/mol. The highest BCUT2D eigenvalue weighted by Crippen LogP contribution is 2.29. The molecule has 0 fully saturated rings. The summed E-state index contributed by atoms with van der Waals surface area (Å²) in [6, 6.07) is 10.1. The van der Waals surface area contributed by atoms with Crippen molar-refractivity contribution in [2.45, 2.75) is 5.38 Å². The van der Waals surface area contributed by atoms with Crippen molar-refractivity contribution in [2.75, 3.05) is 5.32 Å². The van der Waals surface area contributed by atoms with Gasteiger partial charge < -0.3 is 5.32 Å². The van der Waals surface area contributed by atoms with E-state index >= 15 is 0 Å². The molecule has 0 spiro atoms. The maximum Gasteiger partial charge on any atom is 0.247 e. The first-order valence-corrected chi connectivity index (χ1v) is 6.45. The first-order valence-electron chi connectivity index (χ1n) is 5.63. The summed E-state index contributed by atoms with van der Waals surface area (Å²) in [5, 5.41) is 1.03. The van der Waals surface area contributed by atoms with Crippen LogP contribution in [-0.2, 0) is 4.79 Å². The van der Waals surface area contributed by atoms with Crippen LogP contribution in [0.1, 0.15) is 10.9 Å². The number of carbonyl (C=O) groups excluding carboxylic acids is 1. The Morgan fingerprint density at radius 1 is 1.15 bits per heavy atom. The lowest BCUT2D eigenvalue weighted by Crippen LogP contribution is -2.18. The SMILES string of the molecule is O=C(Nc1c(F)cc(F)cc1Cl)C(Cl)c1ccccc1. The van der Waals surface area contributed by atoms with Gasteiger partial charge in [0.2, 0.25) is 5.91 Å². The van der Waals surface area contributed by atoms with Crippen molar-refractivity contribution < 1.29 is 13.6 Å². The van der Waals surface area contributed by atoms with Gasteiger partial charge in [0.05, 0.1) is 10.7 Å². The van der Waals surface area contributed by atoms with E-state index in [1.165, 1.54) is 0 Å². The maximum atomic E-state index is 13.6. The zero-order chi connectivity index (χ0) is 14.7. The molecule has 1 N–H and O–H groups in total. The van der Waals surface area contributed by atoms with E-state index in [1.807, 2.05) is 0 Å². The number of rotatable bonds is 3. The molecule has 0 bridgehead atoms. The highest BCUT2D eigenvalue weighted by atomic mass is 35.5. The Hall–Kier alpha value is -1.65. The predicted octanol–water partition coefficient (Wildman–Crippen LogP) is 4.54. The fourth-order valence-electron chi connectivity index (χ4n) is 1.62. The number of carbonyl (C=O) groups is 1. The summed E-state index contributed by atoms with van der Waals surface area (Å²) in [6.07, 6.45) is 0. The molecule has 1 atom stereocenters. The summed E-state index contributed by atoms with van der Waals surface area (Å²) in [6.45, 7) is 0. The fraction of sp³-hybridized carbons (Fsp3) is 0.0714. The number of hydrogen-bond donors (Lipinski definition) is 1. The molecule has 0 saturated carbocycles. The molecule has 6 heteroatoms. The lowest BCUT2D eigenvalue weighted by atomic mass is 10.1. The zero-order valence-corrected chi connectivity index (χ0v) is 11.6. The Kier molecular flexibility index (Phi) is 4.57. The molecule has 0 heterocycles. The molecular formula is C14H9Cl2F2NO. The fourth-order valence-corrected chi connectivity index (χ4v) is 2.06. The summed E-state index contributed by atoms with van der Waals surface area (Å²) in [4.78, 5) is 11.9. The van der Waals surface area contributed by atoms with Gasteiger partial charge in [-0.05, 0) is 11.6 Å². The third-order valence-electron chi connectivity index (χ3n) is 2.58. The van der Waals surface area contributed by atoms with Crippen LogP contribution in [0.15, 0.2) is 42.5 Å². The molecule has 0 aromatic heterocycles. The number of amides is 1. The third-order valence-corrected chi connectivity index (χ3v) is 3.33. The van der Waals surface area contributed by atoms with Gasteiger partial charge in [0.15, 0.2) is 5.82 Å². The van der Waals surface area contributed by atoms with Crippen LogP contribution in [0.4, 0.5) is 14.5 Å². The van der Waals surface area contributed by atoms with E-state index in [0.29, 0.717) is 11.6 Å². The number of benzene rings is 2. The van der Waals surface area contributed by atoms with E-state index in [4.69, 9.17) is 23.2 Å². The van der Waals surface area contributed by atoms with Gasteiger partial charge in [-0.1, -0.05) is 41.9 Å². The molecule has 1 amide bonds. The summed E-state index contributed by atoms with van der Waals surface area (Å²) in [5.74, 6) is -2.43. The van der Waals surface area contributed by atoms with Crippen molar-refractivity contribution in [1.29, 1.82) is 0 Å². The Labute approximate surface area is 124 Å². The Morgan fingerprint density at radius 3 is 2.40 bits per heavy atom. The molecule has 0 saturated heterocycles. The summed E-state index contributed by atoms with van der Waals surface area (Å²) < 4.78 is 26.5. The largest absolute Gasteiger partial charge is 0.321 e. The maximum absolute atomic E-state index is 13.6. The standard InChI is InChI=1S/C14H9Cl2F2NO/c15-10-6-9(17)7-11(18)13(10)19-14(20)12(16)8-4-2-1-3-5-8/h1-7,12H,(H,19,20). The third kappa shape index (κ3) is 3.26. The smallest absolute Gasteiger partial charge is 0.247 e. The minimum Gasteiger partial charge on any atom is -0.321 e. The Morgan fingerprint density at radius 2 is 1.80 bits per heavy atom. The number of hydrogen-bond acceptors (Lipinski definition) is 1. The van der Waals surface area contributed by atoms with Gasteiger partial charge in [-0.25, -0.2) is 8.78 Å². The normalized spacial score (nSPS) is 12.0. The second-order valence-corrected chi connectivity index (χ2v) is 4.85. The monoisotopic (exact) mass is 315 g/mol. The van der Waals surface area contributed by atoms with E-state index in [1.54, 1.807) is 30.3 Å². The lowest BCUT2D eigenvalue weighted by Gasteiger charge is -2.12. The molecule has 2 aromatic carbocycles. The second-order valence-electron chi connectivity index (χ2n) is 4.01. The molecule has 0 aliphatic rings. The van der Waals surface area contributed by atoms with Crippen LogP contribution in [0.5, 0.6) is 0 Å². The van der Waals surface area contributed by atoms with Gasteiger partial charge in [0.1, 0.15) is 11.2 Å². The van der Waals surface area contributed by atoms with Crippen LogP contribution in [0.2, 0.25) is 5.02 Å². The van der Waals surface area contributed by atoms with Gasteiger partial charge in [0, 0.05) is 6.07 Å². The molecule has 0 aliphatic carbocycles. The number of nitrogens with one attached hydrogen (secondary N) is 1. The molecule has 2 nitrogen and oxygen atoms in total. The Balaban J connectivity index is 2.20. The zero-order valence-electron chi connectivity index (χ0n) is 10.0. The van der Waals surface area contributed by atoms with Gasteiger partial charge >= 0.3 is 0 Å². The average Bonchev–Trinajstić information content (AvgIpc) is 2.42. The quantitative estimate of drug-likeness (QED) is 0.828. The summed E-state index contributed by atoms with van der Waals surface area (Å²) in [5.41, 5.74) is 0.268. The van der Waals surface area contributed by atoms with E-state index in [0.717, 1.165) is 6.07 Å². The van der Waals surface area contributed by atoms with Crippen molar-refractivity contribution >= 4 is 34.8 Å². The van der Waals surface area contributed by atoms with E-state index < -0.39 is 22.9 Å². The first-order chi connectivity index (χ1) is 9.49. The van der Waals surface area contributed by atoms with Gasteiger partial charge in [-0.2, -0.15) is 0 Å². The van der Waals surface area contributed by atoms with E-state index in [2.05, 4.69) is 5.32 Å². The van der Waals surface area contributed by atoms with E-state index in [-0.39, 0.29) is 10.7 Å². The number of anilines is 1. The summed E-state index contributed by atoms with van der Waals surface area (Å²) >= 11 is 11.7. The minimum absolute atomic E-state index is 0.229. The lowest BCUT2D eigenvalue weighted by molar-refractivity contribution is -0.116. The molecule has 2 aromatic rings. The van der Waals surface area contributed by atoms with Gasteiger partial charge in [-0.3, -0.25) is 4.79 Å². The van der Waals surface area contributed by atoms with Crippen molar-refractivity contribution in [3.63, 3.8) is 0 Å². The number of halogens is 4. The summed E-state index contributed by atoms with van der Waals surface area (Å²) in [7, 11) is 0. The van der Waals surface area contributed by atoms with Crippen molar-refractivity contribution in [1.82, 2.24) is 0 Å². The van der Waals surface area contributed by atoms with Gasteiger partial charge in [0.25, 0.3) is 0 Å². The number of alkyl halides is 1. The van der Waals surface area contributed by atoms with Gasteiger partial charge in [-0.15, -0.1) is 11.6 Å². The van der Waals surface area contributed by atoms with Crippen LogP contribution in [0, 0.1) is 11.6 Å². The first kappa shape index (κ1) is 14.8. The molecule has 0 radical (unpaired) electrons. The molecular weight excluding hydrogens is 307 g/mol. The predicted molar refractivity (Wildman–Crippen MR) is 75.0 cm³/mol. The molecule has 104 valence electrons. The van der Waals surface area contributed by atoms with Crippen molar-refractivity contribution in [3.8, 4) is 0 Å². The second kappa shape index (κ2) is 6.20. The van der Waals surface area contributed by atoms with Crippen LogP contribution in [-0.4, -0.2) is 5.91 Å². The molecule has 20 heavy (non-hydrogen) atoms. The Bertz CT molecular complexity index is 611. The minimum atomic E-state index is -1.00. The topological polar surface area (TPSA) is 29.1 Å². The molecule has 0 aliphatic heterocycles. The van der Waals surface area contributed by atoms with Crippen LogP contribution in [0.3, 0.4) is 0 Å². The molecule has 1 unspecified atom stereocenters. The van der Waals surface area contributed by atoms with E-state index in [9.17, 15) is 13.6 Å². The van der Waals surface area contributed by atoms with Crippen LogP contribution < -0.4 is 5.32 Å². The highest BCUT2D eigenvalue weighted by molar-refractivity contribution is 6.35.